The summed E-state index contributed by atoms with van der Waals surface area (Å²) >= 11 is 0. The Morgan fingerprint density at radius 3 is 2.47 bits per heavy atom. The minimum absolute atomic E-state index is 0.0597. The lowest BCUT2D eigenvalue weighted by Gasteiger charge is -2.10. The highest BCUT2D eigenvalue weighted by atomic mass is 16.4. The van der Waals surface area contributed by atoms with Crippen molar-refractivity contribution in [2.45, 2.75) is 19.4 Å². The van der Waals surface area contributed by atoms with E-state index in [1.165, 1.54) is 19.1 Å². The van der Waals surface area contributed by atoms with Gasteiger partial charge in [-0.05, 0) is 18.2 Å². The zero-order valence-electron chi connectivity index (χ0n) is 10.1. The van der Waals surface area contributed by atoms with E-state index in [1.807, 2.05) is 0 Å². The third-order valence-electron chi connectivity index (χ3n) is 2.28. The SMILES string of the molecule is CC(=O)Nc1ccc(O)cc1C(=O)C[C@H](O)C(=O)O. The second-order valence-corrected chi connectivity index (χ2v) is 3.89. The normalized spacial score (nSPS) is 11.7. The van der Waals surface area contributed by atoms with Crippen LogP contribution < -0.4 is 5.32 Å². The van der Waals surface area contributed by atoms with Crippen molar-refractivity contribution in [3.05, 3.63) is 23.8 Å². The molecule has 0 bridgehead atoms. The molecule has 0 aromatic heterocycles. The molecule has 7 heteroatoms. The van der Waals surface area contributed by atoms with Crippen LogP contribution in [0.5, 0.6) is 5.75 Å². The first-order chi connectivity index (χ1) is 8.81. The maximum atomic E-state index is 11.8. The van der Waals surface area contributed by atoms with Crippen molar-refractivity contribution in [2.24, 2.45) is 0 Å². The molecule has 0 aliphatic carbocycles. The Morgan fingerprint density at radius 1 is 1.32 bits per heavy atom. The lowest BCUT2D eigenvalue weighted by atomic mass is 10.0. The predicted molar refractivity (Wildman–Crippen MR) is 65.0 cm³/mol. The van der Waals surface area contributed by atoms with Crippen molar-refractivity contribution in [3.8, 4) is 5.75 Å². The van der Waals surface area contributed by atoms with Crippen LogP contribution in [0.1, 0.15) is 23.7 Å². The summed E-state index contributed by atoms with van der Waals surface area (Å²) in [6.45, 7) is 1.24. The van der Waals surface area contributed by atoms with Gasteiger partial charge in [-0.3, -0.25) is 9.59 Å². The van der Waals surface area contributed by atoms with Crippen LogP contribution in [0.4, 0.5) is 5.69 Å². The molecule has 1 aromatic rings. The topological polar surface area (TPSA) is 124 Å². The molecule has 0 fully saturated rings. The summed E-state index contributed by atoms with van der Waals surface area (Å²) in [6, 6.07) is 3.69. The van der Waals surface area contributed by atoms with Gasteiger partial charge in [0.25, 0.3) is 0 Å². The monoisotopic (exact) mass is 267 g/mol. The number of rotatable bonds is 5. The van der Waals surface area contributed by atoms with Gasteiger partial charge < -0.3 is 20.6 Å². The number of phenolic OH excluding ortho intramolecular Hbond substituents is 1. The van der Waals surface area contributed by atoms with Crippen LogP contribution >= 0.6 is 0 Å². The minimum atomic E-state index is -1.83. The third-order valence-corrected chi connectivity index (χ3v) is 2.28. The average Bonchev–Trinajstić information content (AvgIpc) is 2.30. The number of hydrogen-bond acceptors (Lipinski definition) is 5. The zero-order valence-corrected chi connectivity index (χ0v) is 10.1. The number of amides is 1. The highest BCUT2D eigenvalue weighted by Gasteiger charge is 2.21. The van der Waals surface area contributed by atoms with E-state index in [4.69, 9.17) is 10.2 Å². The molecule has 0 spiro atoms. The lowest BCUT2D eigenvalue weighted by molar-refractivity contribution is -0.146. The number of benzene rings is 1. The van der Waals surface area contributed by atoms with Crippen LogP contribution in [0.2, 0.25) is 0 Å². The molecule has 1 amide bonds. The molecule has 0 unspecified atom stereocenters. The van der Waals surface area contributed by atoms with Crippen molar-refractivity contribution in [1.29, 1.82) is 0 Å². The Hall–Kier alpha value is -2.41. The van der Waals surface area contributed by atoms with Crippen LogP contribution in [0, 0.1) is 0 Å². The van der Waals surface area contributed by atoms with Crippen LogP contribution in [-0.4, -0.2) is 39.1 Å². The van der Waals surface area contributed by atoms with Gasteiger partial charge in [0.2, 0.25) is 5.91 Å². The molecule has 1 rings (SSSR count). The minimum Gasteiger partial charge on any atom is -0.508 e. The molecule has 0 aliphatic rings. The van der Waals surface area contributed by atoms with Gasteiger partial charge in [-0.25, -0.2) is 4.79 Å². The van der Waals surface area contributed by atoms with E-state index in [9.17, 15) is 19.5 Å². The highest BCUT2D eigenvalue weighted by Crippen LogP contribution is 2.23. The fourth-order valence-electron chi connectivity index (χ4n) is 1.43. The molecule has 0 radical (unpaired) electrons. The highest BCUT2D eigenvalue weighted by molar-refractivity contribution is 6.06. The number of carbonyl (C=O) groups excluding carboxylic acids is 2. The Morgan fingerprint density at radius 2 is 1.95 bits per heavy atom. The predicted octanol–water partition coefficient (Wildman–Crippen LogP) is 0.369. The van der Waals surface area contributed by atoms with Crippen molar-refractivity contribution in [2.75, 3.05) is 5.32 Å². The summed E-state index contributed by atoms with van der Waals surface area (Å²) in [5.41, 5.74) is 0.0865. The molecule has 7 nitrogen and oxygen atoms in total. The first-order valence-corrected chi connectivity index (χ1v) is 5.36. The first-order valence-electron chi connectivity index (χ1n) is 5.36. The smallest absolute Gasteiger partial charge is 0.332 e. The standard InChI is InChI=1S/C12H13NO6/c1-6(14)13-9-3-2-7(15)4-8(9)10(16)5-11(17)12(18)19/h2-4,11,15,17H,5H2,1H3,(H,13,14)(H,18,19)/t11-/m0/s1. The Bertz CT molecular complexity index is 525. The fraction of sp³-hybridized carbons (Fsp3) is 0.250. The van der Waals surface area contributed by atoms with Crippen molar-refractivity contribution >= 4 is 23.3 Å². The number of hydrogen-bond donors (Lipinski definition) is 4. The van der Waals surface area contributed by atoms with Gasteiger partial charge in [0.1, 0.15) is 5.75 Å². The number of aliphatic hydroxyl groups excluding tert-OH is 1. The number of carbonyl (C=O) groups is 3. The molecular weight excluding hydrogens is 254 g/mol. The molecule has 4 N–H and O–H groups in total. The van der Waals surface area contributed by atoms with Crippen LogP contribution in [-0.2, 0) is 9.59 Å². The Balaban J connectivity index is 3.03. The molecule has 1 atom stereocenters. The van der Waals surface area contributed by atoms with Crippen LogP contribution in [0.15, 0.2) is 18.2 Å². The van der Waals surface area contributed by atoms with Gasteiger partial charge in [0.05, 0.1) is 5.69 Å². The number of carboxylic acids is 1. The van der Waals surface area contributed by atoms with Crippen molar-refractivity contribution < 1.29 is 29.7 Å². The molecule has 0 heterocycles. The van der Waals surface area contributed by atoms with E-state index < -0.39 is 30.2 Å². The molecule has 0 aliphatic heterocycles. The zero-order chi connectivity index (χ0) is 14.6. The summed E-state index contributed by atoms with van der Waals surface area (Å²) in [5.74, 6) is -2.84. The number of Topliss-reactive ketones (excluding diaryl/α,β-unsaturated/α-hetero) is 1. The molecule has 0 saturated heterocycles. The molecule has 19 heavy (non-hydrogen) atoms. The van der Waals surface area contributed by atoms with Crippen LogP contribution in [0.3, 0.4) is 0 Å². The van der Waals surface area contributed by atoms with E-state index in [2.05, 4.69) is 5.32 Å². The second-order valence-electron chi connectivity index (χ2n) is 3.89. The molecule has 1 aromatic carbocycles. The number of aromatic hydroxyl groups is 1. The van der Waals surface area contributed by atoms with Gasteiger partial charge in [0, 0.05) is 18.9 Å². The number of aliphatic carboxylic acids is 1. The lowest BCUT2D eigenvalue weighted by Crippen LogP contribution is -2.23. The Kier molecular flexibility index (Phi) is 4.60. The maximum Gasteiger partial charge on any atom is 0.332 e. The fourth-order valence-corrected chi connectivity index (χ4v) is 1.43. The van der Waals surface area contributed by atoms with Crippen LogP contribution in [0.25, 0.3) is 0 Å². The van der Waals surface area contributed by atoms with E-state index in [-0.39, 0.29) is 17.0 Å². The quantitative estimate of drug-likeness (QED) is 0.451. The number of phenols is 1. The number of ketones is 1. The number of anilines is 1. The van der Waals surface area contributed by atoms with Gasteiger partial charge in [-0.2, -0.15) is 0 Å². The van der Waals surface area contributed by atoms with Crippen molar-refractivity contribution in [1.82, 2.24) is 0 Å². The summed E-state index contributed by atoms with van der Waals surface area (Å²) < 4.78 is 0. The van der Waals surface area contributed by atoms with Crippen molar-refractivity contribution in [3.63, 3.8) is 0 Å². The molecule has 0 saturated carbocycles. The Labute approximate surface area is 108 Å². The maximum absolute atomic E-state index is 11.8. The van der Waals surface area contributed by atoms with E-state index >= 15 is 0 Å². The number of nitrogens with one attached hydrogen (secondary N) is 1. The largest absolute Gasteiger partial charge is 0.508 e. The van der Waals surface area contributed by atoms with Gasteiger partial charge >= 0.3 is 5.97 Å². The average molecular weight is 267 g/mol. The van der Waals surface area contributed by atoms with Gasteiger partial charge in [0.15, 0.2) is 11.9 Å². The van der Waals surface area contributed by atoms with E-state index in [1.54, 1.807) is 0 Å². The summed E-state index contributed by atoms with van der Waals surface area (Å²) in [7, 11) is 0. The summed E-state index contributed by atoms with van der Waals surface area (Å²) in [4.78, 5) is 33.3. The van der Waals surface area contributed by atoms with Gasteiger partial charge in [-0.1, -0.05) is 0 Å². The summed E-state index contributed by atoms with van der Waals surface area (Å²) in [5, 5.41) is 29.4. The molecular formula is C12H13NO6. The number of carboxylic acid groups (broad SMARTS) is 1. The summed E-state index contributed by atoms with van der Waals surface area (Å²) in [6.07, 6.45) is -2.48. The molecule has 102 valence electrons. The van der Waals surface area contributed by atoms with E-state index in [0.717, 1.165) is 6.07 Å². The van der Waals surface area contributed by atoms with E-state index in [0.29, 0.717) is 0 Å². The second kappa shape index (κ2) is 5.96. The number of aliphatic hydroxyl groups is 1. The third kappa shape index (κ3) is 4.07. The van der Waals surface area contributed by atoms with Gasteiger partial charge in [-0.15, -0.1) is 0 Å². The first kappa shape index (κ1) is 14.7.